The van der Waals surface area contributed by atoms with Crippen molar-refractivity contribution in [3.63, 3.8) is 0 Å². The lowest BCUT2D eigenvalue weighted by Crippen LogP contribution is -2.47. The van der Waals surface area contributed by atoms with E-state index in [2.05, 4.69) is 4.72 Å². The molecular formula is C12H22N2O3S. The lowest BCUT2D eigenvalue weighted by molar-refractivity contribution is -0.133. The zero-order valence-corrected chi connectivity index (χ0v) is 11.7. The maximum atomic E-state index is 11.8. The molecule has 2 rings (SSSR count). The van der Waals surface area contributed by atoms with E-state index in [-0.39, 0.29) is 23.6 Å². The number of hydrogen-bond donors (Lipinski definition) is 1. The molecule has 1 N–H and O–H groups in total. The van der Waals surface area contributed by atoms with E-state index in [1.807, 2.05) is 11.8 Å². The zero-order valence-electron chi connectivity index (χ0n) is 10.9. The standard InChI is InChI=1S/C12H22N2O3S/c1-2-9-18(16,17)13-11-5-7-14(8-6-11)12(15)10-3-4-10/h10-11,13H,2-9H2,1H3. The van der Waals surface area contributed by atoms with Crippen LogP contribution < -0.4 is 4.72 Å². The molecule has 5 nitrogen and oxygen atoms in total. The van der Waals surface area contributed by atoms with Crippen LogP contribution in [-0.2, 0) is 14.8 Å². The van der Waals surface area contributed by atoms with E-state index in [0.29, 0.717) is 19.5 Å². The normalized spacial score (nSPS) is 22.2. The van der Waals surface area contributed by atoms with Gasteiger partial charge in [0.25, 0.3) is 0 Å². The molecule has 0 aromatic rings. The van der Waals surface area contributed by atoms with Gasteiger partial charge >= 0.3 is 0 Å². The van der Waals surface area contributed by atoms with Gasteiger partial charge in [-0.1, -0.05) is 6.92 Å². The van der Waals surface area contributed by atoms with Gasteiger partial charge in [0.1, 0.15) is 0 Å². The topological polar surface area (TPSA) is 66.5 Å². The summed E-state index contributed by atoms with van der Waals surface area (Å²) < 4.78 is 26.0. The van der Waals surface area contributed by atoms with E-state index in [1.54, 1.807) is 0 Å². The molecule has 2 aliphatic rings. The van der Waals surface area contributed by atoms with E-state index in [0.717, 1.165) is 25.7 Å². The molecule has 1 saturated heterocycles. The van der Waals surface area contributed by atoms with Crippen molar-refractivity contribution in [3.8, 4) is 0 Å². The number of nitrogens with zero attached hydrogens (tertiary/aromatic N) is 1. The maximum absolute atomic E-state index is 11.8. The lowest BCUT2D eigenvalue weighted by Gasteiger charge is -2.32. The van der Waals surface area contributed by atoms with Crippen LogP contribution in [0.5, 0.6) is 0 Å². The molecule has 1 aliphatic heterocycles. The average Bonchev–Trinajstić information content (AvgIpc) is 3.12. The number of carbonyl (C=O) groups excluding carboxylic acids is 1. The van der Waals surface area contributed by atoms with Crippen molar-refractivity contribution in [2.45, 2.75) is 45.1 Å². The SMILES string of the molecule is CCCS(=O)(=O)NC1CCN(C(=O)C2CC2)CC1. The molecule has 2 fully saturated rings. The van der Waals surface area contributed by atoms with Crippen LogP contribution in [0.15, 0.2) is 0 Å². The van der Waals surface area contributed by atoms with Crippen molar-refractivity contribution in [1.82, 2.24) is 9.62 Å². The second-order valence-electron chi connectivity index (χ2n) is 5.31. The summed E-state index contributed by atoms with van der Waals surface area (Å²) in [5.74, 6) is 0.719. The molecule has 0 aromatic carbocycles. The van der Waals surface area contributed by atoms with E-state index in [1.165, 1.54) is 0 Å². The van der Waals surface area contributed by atoms with Crippen molar-refractivity contribution in [2.24, 2.45) is 5.92 Å². The zero-order chi connectivity index (χ0) is 13.2. The molecule has 18 heavy (non-hydrogen) atoms. The minimum Gasteiger partial charge on any atom is -0.342 e. The molecule has 0 spiro atoms. The minimum absolute atomic E-state index is 0.00445. The highest BCUT2D eigenvalue weighted by Gasteiger charge is 2.35. The van der Waals surface area contributed by atoms with E-state index in [9.17, 15) is 13.2 Å². The third kappa shape index (κ3) is 3.68. The van der Waals surface area contributed by atoms with Crippen molar-refractivity contribution in [2.75, 3.05) is 18.8 Å². The highest BCUT2D eigenvalue weighted by Crippen LogP contribution is 2.31. The molecule has 0 unspecified atom stereocenters. The van der Waals surface area contributed by atoms with Gasteiger partial charge in [-0.3, -0.25) is 4.79 Å². The summed E-state index contributed by atoms with van der Waals surface area (Å²) in [5.41, 5.74) is 0. The Hall–Kier alpha value is -0.620. The fourth-order valence-corrected chi connectivity index (χ4v) is 3.79. The first kappa shape index (κ1) is 13.8. The summed E-state index contributed by atoms with van der Waals surface area (Å²) in [5, 5.41) is 0. The Labute approximate surface area is 109 Å². The van der Waals surface area contributed by atoms with Gasteiger partial charge < -0.3 is 4.90 Å². The van der Waals surface area contributed by atoms with Crippen molar-refractivity contribution in [1.29, 1.82) is 0 Å². The monoisotopic (exact) mass is 274 g/mol. The number of rotatable bonds is 5. The lowest BCUT2D eigenvalue weighted by atomic mass is 10.1. The Morgan fingerprint density at radius 2 is 1.83 bits per heavy atom. The van der Waals surface area contributed by atoms with Gasteiger partial charge in [-0.25, -0.2) is 13.1 Å². The smallest absolute Gasteiger partial charge is 0.225 e. The molecule has 1 amide bonds. The number of piperidine rings is 1. The molecule has 0 radical (unpaired) electrons. The highest BCUT2D eigenvalue weighted by molar-refractivity contribution is 7.89. The molecule has 0 aromatic heterocycles. The van der Waals surface area contributed by atoms with Crippen LogP contribution in [0.3, 0.4) is 0 Å². The van der Waals surface area contributed by atoms with Crippen LogP contribution in [0.2, 0.25) is 0 Å². The second kappa shape index (κ2) is 5.57. The van der Waals surface area contributed by atoms with Crippen molar-refractivity contribution >= 4 is 15.9 Å². The summed E-state index contributed by atoms with van der Waals surface area (Å²) in [6.45, 7) is 3.24. The van der Waals surface area contributed by atoms with Crippen LogP contribution >= 0.6 is 0 Å². The van der Waals surface area contributed by atoms with E-state index < -0.39 is 10.0 Å². The van der Waals surface area contributed by atoms with Crippen LogP contribution in [0.25, 0.3) is 0 Å². The summed E-state index contributed by atoms with van der Waals surface area (Å²) in [4.78, 5) is 13.7. The Balaban J connectivity index is 1.77. The Morgan fingerprint density at radius 1 is 1.22 bits per heavy atom. The summed E-state index contributed by atoms with van der Waals surface area (Å²) in [6.07, 6.45) is 4.17. The minimum atomic E-state index is -3.13. The number of amides is 1. The number of carbonyl (C=O) groups is 1. The van der Waals surface area contributed by atoms with Crippen LogP contribution in [0.1, 0.15) is 39.0 Å². The first-order chi connectivity index (χ1) is 8.52. The van der Waals surface area contributed by atoms with Crippen LogP contribution in [-0.4, -0.2) is 44.1 Å². The molecule has 0 bridgehead atoms. The summed E-state index contributed by atoms with van der Waals surface area (Å²) >= 11 is 0. The van der Waals surface area contributed by atoms with Gasteiger partial charge in [0.15, 0.2) is 0 Å². The molecule has 1 saturated carbocycles. The largest absolute Gasteiger partial charge is 0.342 e. The predicted molar refractivity (Wildman–Crippen MR) is 69.5 cm³/mol. The molecule has 1 heterocycles. The van der Waals surface area contributed by atoms with Gasteiger partial charge in [-0.15, -0.1) is 0 Å². The average molecular weight is 274 g/mol. The van der Waals surface area contributed by atoms with Gasteiger partial charge in [0.05, 0.1) is 5.75 Å². The molecular weight excluding hydrogens is 252 g/mol. The van der Waals surface area contributed by atoms with Gasteiger partial charge in [0, 0.05) is 25.0 Å². The highest BCUT2D eigenvalue weighted by atomic mass is 32.2. The number of hydrogen-bond acceptors (Lipinski definition) is 3. The van der Waals surface area contributed by atoms with Gasteiger partial charge in [-0.2, -0.15) is 0 Å². The molecule has 0 atom stereocenters. The second-order valence-corrected chi connectivity index (χ2v) is 7.18. The maximum Gasteiger partial charge on any atom is 0.225 e. The third-order valence-electron chi connectivity index (χ3n) is 3.55. The van der Waals surface area contributed by atoms with Crippen molar-refractivity contribution in [3.05, 3.63) is 0 Å². The Bertz CT molecular complexity index is 396. The number of likely N-dealkylation sites (tertiary alicyclic amines) is 1. The first-order valence-corrected chi connectivity index (χ1v) is 8.46. The first-order valence-electron chi connectivity index (χ1n) is 6.80. The molecule has 1 aliphatic carbocycles. The van der Waals surface area contributed by atoms with Crippen molar-refractivity contribution < 1.29 is 13.2 Å². The summed E-state index contributed by atoms with van der Waals surface area (Å²) in [7, 11) is -3.13. The van der Waals surface area contributed by atoms with E-state index >= 15 is 0 Å². The van der Waals surface area contributed by atoms with Crippen LogP contribution in [0, 0.1) is 5.92 Å². The number of nitrogens with one attached hydrogen (secondary N) is 1. The van der Waals surface area contributed by atoms with Gasteiger partial charge in [-0.05, 0) is 32.1 Å². The fourth-order valence-electron chi connectivity index (χ4n) is 2.39. The predicted octanol–water partition coefficient (Wildman–Crippen LogP) is 0.717. The Morgan fingerprint density at radius 3 is 2.33 bits per heavy atom. The molecule has 104 valence electrons. The number of sulfonamides is 1. The van der Waals surface area contributed by atoms with Crippen LogP contribution in [0.4, 0.5) is 0 Å². The molecule has 6 heteroatoms. The quantitative estimate of drug-likeness (QED) is 0.803. The fraction of sp³-hybridized carbons (Fsp3) is 0.917. The van der Waals surface area contributed by atoms with Gasteiger partial charge in [0.2, 0.25) is 15.9 Å². The third-order valence-corrected chi connectivity index (χ3v) is 5.19. The summed E-state index contributed by atoms with van der Waals surface area (Å²) in [6, 6.07) is 0.00445. The Kier molecular flexibility index (Phi) is 4.27. The van der Waals surface area contributed by atoms with E-state index in [4.69, 9.17) is 0 Å².